The quantitative estimate of drug-likeness (QED) is 0.387. The van der Waals surface area contributed by atoms with Crippen molar-refractivity contribution in [2.24, 2.45) is 10.3 Å². The molecule has 7 nitrogen and oxygen atoms in total. The van der Waals surface area contributed by atoms with Crippen molar-refractivity contribution in [2.45, 2.75) is 12.5 Å². The fourth-order valence-corrected chi connectivity index (χ4v) is 1.83. The third-order valence-corrected chi connectivity index (χ3v) is 2.85. The summed E-state index contributed by atoms with van der Waals surface area (Å²) in [7, 11) is 2.81. The van der Waals surface area contributed by atoms with Crippen LogP contribution in [0.5, 0.6) is 5.75 Å². The number of hydrogen-bond donors (Lipinski definition) is 1. The molecule has 0 saturated carbocycles. The zero-order valence-electron chi connectivity index (χ0n) is 11.1. The van der Waals surface area contributed by atoms with Crippen LogP contribution in [0.1, 0.15) is 12.0 Å². The molecule has 106 valence electrons. The van der Waals surface area contributed by atoms with Gasteiger partial charge in [0.1, 0.15) is 17.2 Å². The monoisotopic (exact) mass is 278 g/mol. The second-order valence-corrected chi connectivity index (χ2v) is 4.04. The van der Waals surface area contributed by atoms with E-state index in [0.717, 1.165) is 0 Å². The molecule has 0 aliphatic carbocycles. The second kappa shape index (κ2) is 6.05. The van der Waals surface area contributed by atoms with Crippen molar-refractivity contribution < 1.29 is 24.3 Å². The van der Waals surface area contributed by atoms with Gasteiger partial charge < -0.3 is 19.5 Å². The first-order chi connectivity index (χ1) is 9.69. The average Bonchev–Trinajstić information content (AvgIpc) is 2.97. The smallest absolute Gasteiger partial charge is 0.350 e. The van der Waals surface area contributed by atoms with Crippen molar-refractivity contribution in [3.05, 3.63) is 29.8 Å². The molecule has 0 amide bonds. The van der Waals surface area contributed by atoms with Gasteiger partial charge in [0.05, 0.1) is 14.2 Å². The minimum absolute atomic E-state index is 0.184. The first kappa shape index (κ1) is 13.9. The van der Waals surface area contributed by atoms with Crippen molar-refractivity contribution in [2.75, 3.05) is 14.2 Å². The summed E-state index contributed by atoms with van der Waals surface area (Å²) < 4.78 is 9.69. The van der Waals surface area contributed by atoms with E-state index in [9.17, 15) is 10.0 Å². The van der Waals surface area contributed by atoms with Gasteiger partial charge in [-0.1, -0.05) is 22.4 Å². The van der Waals surface area contributed by atoms with Gasteiger partial charge in [0.15, 0.2) is 0 Å². The highest BCUT2D eigenvalue weighted by Gasteiger charge is 2.32. The normalized spacial score (nSPS) is 18.2. The lowest BCUT2D eigenvalue weighted by atomic mass is 10.0. The van der Waals surface area contributed by atoms with E-state index in [1.807, 2.05) is 0 Å². The van der Waals surface area contributed by atoms with Gasteiger partial charge in [-0.25, -0.2) is 4.79 Å². The lowest BCUT2D eigenvalue weighted by Gasteiger charge is -2.06. The largest absolute Gasteiger partial charge is 0.497 e. The third-order valence-electron chi connectivity index (χ3n) is 2.85. The molecule has 1 heterocycles. The fraction of sp³-hybridized carbons (Fsp3) is 0.308. The van der Waals surface area contributed by atoms with Crippen LogP contribution in [0.4, 0.5) is 0 Å². The van der Waals surface area contributed by atoms with Crippen LogP contribution in [0.25, 0.3) is 0 Å². The molecular formula is C13H14N2O5. The van der Waals surface area contributed by atoms with E-state index in [-0.39, 0.29) is 12.1 Å². The molecule has 0 aromatic heterocycles. The molecule has 0 bridgehead atoms. The van der Waals surface area contributed by atoms with E-state index >= 15 is 0 Å². The molecular weight excluding hydrogens is 264 g/mol. The first-order valence-electron chi connectivity index (χ1n) is 5.87. The average molecular weight is 278 g/mol. The van der Waals surface area contributed by atoms with Gasteiger partial charge in [-0.05, 0) is 12.1 Å². The van der Waals surface area contributed by atoms with Gasteiger partial charge in [0.2, 0.25) is 6.10 Å². The molecule has 1 aromatic rings. The third kappa shape index (κ3) is 2.71. The van der Waals surface area contributed by atoms with Crippen LogP contribution in [0, 0.1) is 0 Å². The fourth-order valence-electron chi connectivity index (χ4n) is 1.83. The molecule has 7 heteroatoms. The van der Waals surface area contributed by atoms with E-state index in [1.54, 1.807) is 31.4 Å². The van der Waals surface area contributed by atoms with E-state index in [4.69, 9.17) is 9.57 Å². The number of carbonyl (C=O) groups is 1. The van der Waals surface area contributed by atoms with Crippen LogP contribution in [0.15, 0.2) is 34.6 Å². The second-order valence-electron chi connectivity index (χ2n) is 4.04. The Balaban J connectivity index is 2.20. The van der Waals surface area contributed by atoms with Gasteiger partial charge in [-0.15, -0.1) is 0 Å². The standard InChI is InChI=1S/C13H14N2O5/c1-18-9-5-3-4-8(6-9)12(14-17)10-7-11(20-15-10)13(16)19-2/h3-6,11,17H,7H2,1-2H3/b14-12-. The number of ether oxygens (including phenoxy) is 2. The van der Waals surface area contributed by atoms with Crippen molar-refractivity contribution in [1.82, 2.24) is 0 Å². The van der Waals surface area contributed by atoms with Crippen molar-refractivity contribution in [3.8, 4) is 5.75 Å². The Morgan fingerprint density at radius 3 is 2.95 bits per heavy atom. The number of hydrogen-bond acceptors (Lipinski definition) is 7. The Hall–Kier alpha value is -2.57. The summed E-state index contributed by atoms with van der Waals surface area (Å²) >= 11 is 0. The highest BCUT2D eigenvalue weighted by molar-refractivity contribution is 6.48. The topological polar surface area (TPSA) is 89.7 Å². The summed E-state index contributed by atoms with van der Waals surface area (Å²) in [6.45, 7) is 0. The van der Waals surface area contributed by atoms with Gasteiger partial charge >= 0.3 is 5.97 Å². The predicted molar refractivity (Wildman–Crippen MR) is 70.3 cm³/mol. The Kier molecular flexibility index (Phi) is 4.19. The van der Waals surface area contributed by atoms with Crippen LogP contribution in [-0.4, -0.2) is 42.9 Å². The molecule has 20 heavy (non-hydrogen) atoms. The molecule has 1 N–H and O–H groups in total. The SMILES string of the molecule is COC(=O)C1CC(/C(=N\O)c2cccc(OC)c2)=NO1. The van der Waals surface area contributed by atoms with Crippen LogP contribution < -0.4 is 4.74 Å². The van der Waals surface area contributed by atoms with Crippen molar-refractivity contribution in [3.63, 3.8) is 0 Å². The highest BCUT2D eigenvalue weighted by Crippen LogP contribution is 2.19. The Bertz CT molecular complexity index is 568. The molecule has 1 aliphatic rings. The van der Waals surface area contributed by atoms with Gasteiger partial charge in [0, 0.05) is 12.0 Å². The summed E-state index contributed by atoms with van der Waals surface area (Å²) in [5.74, 6) is 0.0966. The van der Waals surface area contributed by atoms with E-state index in [2.05, 4.69) is 15.0 Å². The van der Waals surface area contributed by atoms with E-state index in [1.165, 1.54) is 7.11 Å². The number of nitrogens with zero attached hydrogens (tertiary/aromatic N) is 2. The van der Waals surface area contributed by atoms with Crippen LogP contribution in [0.2, 0.25) is 0 Å². The molecule has 1 atom stereocenters. The number of rotatable bonds is 4. The summed E-state index contributed by atoms with van der Waals surface area (Å²) in [5, 5.41) is 16.2. The minimum atomic E-state index is -0.808. The van der Waals surface area contributed by atoms with Crippen LogP contribution in [-0.2, 0) is 14.4 Å². The minimum Gasteiger partial charge on any atom is -0.497 e. The van der Waals surface area contributed by atoms with Gasteiger partial charge in [-0.2, -0.15) is 0 Å². The summed E-state index contributed by atoms with van der Waals surface area (Å²) in [5.41, 5.74) is 1.21. The highest BCUT2D eigenvalue weighted by atomic mass is 16.7. The zero-order chi connectivity index (χ0) is 14.5. The zero-order valence-corrected chi connectivity index (χ0v) is 11.1. The van der Waals surface area contributed by atoms with Gasteiger partial charge in [-0.3, -0.25) is 0 Å². The number of methoxy groups -OCH3 is 2. The molecule has 1 aromatic carbocycles. The van der Waals surface area contributed by atoms with E-state index < -0.39 is 12.1 Å². The van der Waals surface area contributed by atoms with Crippen LogP contribution >= 0.6 is 0 Å². The van der Waals surface area contributed by atoms with E-state index in [0.29, 0.717) is 17.0 Å². The van der Waals surface area contributed by atoms with Crippen LogP contribution in [0.3, 0.4) is 0 Å². The summed E-state index contributed by atoms with van der Waals surface area (Å²) in [6.07, 6.45) is -0.624. The molecule has 1 unspecified atom stereocenters. The van der Waals surface area contributed by atoms with Gasteiger partial charge in [0.25, 0.3) is 0 Å². The maximum Gasteiger partial charge on any atom is 0.350 e. The number of carbonyl (C=O) groups excluding carboxylic acids is 1. The number of esters is 1. The summed E-state index contributed by atoms with van der Waals surface area (Å²) in [6, 6.07) is 6.96. The predicted octanol–water partition coefficient (Wildman–Crippen LogP) is 1.19. The molecule has 0 fully saturated rings. The lowest BCUT2D eigenvalue weighted by Crippen LogP contribution is -2.24. The number of oxime groups is 2. The molecule has 2 rings (SSSR count). The molecule has 0 spiro atoms. The van der Waals surface area contributed by atoms with Crippen molar-refractivity contribution in [1.29, 1.82) is 0 Å². The Labute approximate surface area is 115 Å². The maximum absolute atomic E-state index is 11.4. The Morgan fingerprint density at radius 1 is 1.50 bits per heavy atom. The first-order valence-corrected chi connectivity index (χ1v) is 5.87. The maximum atomic E-state index is 11.4. The van der Waals surface area contributed by atoms with Crippen molar-refractivity contribution >= 4 is 17.4 Å². The molecule has 1 aliphatic heterocycles. The summed E-state index contributed by atoms with van der Waals surface area (Å²) in [4.78, 5) is 16.3. The Morgan fingerprint density at radius 2 is 2.30 bits per heavy atom. The lowest BCUT2D eigenvalue weighted by molar-refractivity contribution is -0.152. The molecule has 0 saturated heterocycles. The molecule has 0 radical (unpaired) electrons. The number of benzene rings is 1.